The number of hydrogen-bond donors (Lipinski definition) is 0. The van der Waals surface area contributed by atoms with Gasteiger partial charge in [0.05, 0.1) is 3.79 Å². The van der Waals surface area contributed by atoms with Crippen LogP contribution in [-0.2, 0) is 6.42 Å². The fourth-order valence-corrected chi connectivity index (χ4v) is 4.48. The average molecular weight is 315 g/mol. The Labute approximate surface area is 116 Å². The predicted octanol–water partition coefficient (Wildman–Crippen LogP) is 2.83. The third kappa shape index (κ3) is 2.92. The first-order valence-corrected chi connectivity index (χ1v) is 8.13. The Bertz CT molecular complexity index is 379. The van der Waals surface area contributed by atoms with E-state index in [2.05, 4.69) is 37.9 Å². The topological polar surface area (TPSA) is 6.48 Å². The average Bonchev–Trinajstić information content (AvgIpc) is 2.94. The zero-order chi connectivity index (χ0) is 11.7. The van der Waals surface area contributed by atoms with Gasteiger partial charge in [0.2, 0.25) is 0 Å². The minimum absolute atomic E-state index is 0.860. The molecule has 1 unspecified atom stereocenters. The smallest absolute Gasteiger partial charge is 0.0701 e. The van der Waals surface area contributed by atoms with Gasteiger partial charge in [0.15, 0.2) is 0 Å². The first kappa shape index (κ1) is 12.2. The molecule has 0 aliphatic carbocycles. The minimum atomic E-state index is 0.860. The molecule has 0 N–H and O–H groups in total. The summed E-state index contributed by atoms with van der Waals surface area (Å²) in [6.45, 7) is 6.43. The van der Waals surface area contributed by atoms with E-state index in [1.807, 2.05) is 11.3 Å². The summed E-state index contributed by atoms with van der Waals surface area (Å²) in [6.07, 6.45) is 4.04. The Balaban J connectivity index is 1.49. The number of halogens is 1. The van der Waals surface area contributed by atoms with E-state index in [0.717, 1.165) is 6.04 Å². The summed E-state index contributed by atoms with van der Waals surface area (Å²) in [5.74, 6) is 0. The molecule has 17 heavy (non-hydrogen) atoms. The van der Waals surface area contributed by atoms with Gasteiger partial charge < -0.3 is 4.90 Å². The standard InChI is InChI=1S/C13H19BrN2S/c14-13-4-3-12(17-13)5-7-15-8-9-16-6-1-2-11(16)10-15/h3-4,11H,1-2,5-10H2. The second kappa shape index (κ2) is 5.39. The van der Waals surface area contributed by atoms with Crippen molar-refractivity contribution in [3.8, 4) is 0 Å². The summed E-state index contributed by atoms with van der Waals surface area (Å²) < 4.78 is 1.26. The molecule has 1 atom stereocenters. The molecular formula is C13H19BrN2S. The molecule has 3 rings (SSSR count). The summed E-state index contributed by atoms with van der Waals surface area (Å²) in [4.78, 5) is 6.84. The van der Waals surface area contributed by atoms with Crippen LogP contribution in [0.15, 0.2) is 15.9 Å². The Hall–Kier alpha value is 0.1000. The molecule has 94 valence electrons. The third-order valence-electron chi connectivity index (χ3n) is 3.97. The van der Waals surface area contributed by atoms with Crippen LogP contribution in [0.5, 0.6) is 0 Å². The highest BCUT2D eigenvalue weighted by molar-refractivity contribution is 9.11. The molecular weight excluding hydrogens is 296 g/mol. The minimum Gasteiger partial charge on any atom is -0.300 e. The highest BCUT2D eigenvalue weighted by Crippen LogP contribution is 2.24. The lowest BCUT2D eigenvalue weighted by Crippen LogP contribution is -2.50. The largest absolute Gasteiger partial charge is 0.300 e. The molecule has 0 spiro atoms. The first-order valence-electron chi connectivity index (χ1n) is 6.52. The second-order valence-corrected chi connectivity index (χ2v) is 7.64. The van der Waals surface area contributed by atoms with E-state index in [1.165, 1.54) is 60.6 Å². The Morgan fingerprint density at radius 2 is 2.24 bits per heavy atom. The summed E-state index contributed by atoms with van der Waals surface area (Å²) in [5, 5.41) is 0. The van der Waals surface area contributed by atoms with E-state index in [0.29, 0.717) is 0 Å². The van der Waals surface area contributed by atoms with E-state index >= 15 is 0 Å². The fraction of sp³-hybridized carbons (Fsp3) is 0.692. The molecule has 1 aromatic heterocycles. The van der Waals surface area contributed by atoms with E-state index in [4.69, 9.17) is 0 Å². The molecule has 2 aliphatic heterocycles. The normalized spacial score (nSPS) is 26.3. The fourth-order valence-electron chi connectivity index (χ4n) is 3.01. The van der Waals surface area contributed by atoms with Crippen LogP contribution < -0.4 is 0 Å². The van der Waals surface area contributed by atoms with Crippen molar-refractivity contribution < 1.29 is 0 Å². The summed E-state index contributed by atoms with van der Waals surface area (Å²) in [5.41, 5.74) is 0. The Kier molecular flexibility index (Phi) is 3.85. The van der Waals surface area contributed by atoms with Gasteiger partial charge in [0.25, 0.3) is 0 Å². The number of nitrogens with zero attached hydrogens (tertiary/aromatic N) is 2. The van der Waals surface area contributed by atoms with Crippen LogP contribution in [-0.4, -0.2) is 48.6 Å². The van der Waals surface area contributed by atoms with Gasteiger partial charge in [-0.25, -0.2) is 0 Å². The van der Waals surface area contributed by atoms with Gasteiger partial charge in [0.1, 0.15) is 0 Å². The lowest BCUT2D eigenvalue weighted by molar-refractivity contribution is 0.106. The van der Waals surface area contributed by atoms with Crippen molar-refractivity contribution in [1.82, 2.24) is 9.80 Å². The SMILES string of the molecule is Brc1ccc(CCN2CCN3CCCC3C2)s1. The summed E-state index contributed by atoms with van der Waals surface area (Å²) in [6, 6.07) is 5.27. The Morgan fingerprint density at radius 3 is 3.06 bits per heavy atom. The lowest BCUT2D eigenvalue weighted by atomic mass is 10.1. The van der Waals surface area contributed by atoms with Crippen molar-refractivity contribution in [2.75, 3.05) is 32.7 Å². The summed E-state index contributed by atoms with van der Waals surface area (Å²) >= 11 is 5.41. The monoisotopic (exact) mass is 314 g/mol. The van der Waals surface area contributed by atoms with Crippen LogP contribution in [0.25, 0.3) is 0 Å². The molecule has 0 bridgehead atoms. The van der Waals surface area contributed by atoms with Gasteiger partial charge in [0, 0.05) is 37.1 Å². The van der Waals surface area contributed by atoms with E-state index in [1.54, 1.807) is 0 Å². The van der Waals surface area contributed by atoms with Gasteiger partial charge in [-0.2, -0.15) is 0 Å². The maximum absolute atomic E-state index is 3.53. The number of thiophene rings is 1. The quantitative estimate of drug-likeness (QED) is 0.846. The third-order valence-corrected chi connectivity index (χ3v) is 5.66. The number of hydrogen-bond acceptors (Lipinski definition) is 3. The van der Waals surface area contributed by atoms with Crippen molar-refractivity contribution in [3.05, 3.63) is 20.8 Å². The zero-order valence-electron chi connectivity index (χ0n) is 10.1. The van der Waals surface area contributed by atoms with Gasteiger partial charge in [-0.3, -0.25) is 4.90 Å². The highest BCUT2D eigenvalue weighted by Gasteiger charge is 2.30. The van der Waals surface area contributed by atoms with Gasteiger partial charge in [-0.15, -0.1) is 11.3 Å². The van der Waals surface area contributed by atoms with E-state index < -0.39 is 0 Å². The van der Waals surface area contributed by atoms with Gasteiger partial charge in [-0.05, 0) is 53.9 Å². The number of fused-ring (bicyclic) bond motifs is 1. The number of piperazine rings is 1. The molecule has 1 aromatic rings. The number of rotatable bonds is 3. The molecule has 2 saturated heterocycles. The molecule has 3 heterocycles. The van der Waals surface area contributed by atoms with E-state index in [-0.39, 0.29) is 0 Å². The van der Waals surface area contributed by atoms with Crippen molar-refractivity contribution in [3.63, 3.8) is 0 Å². The molecule has 0 amide bonds. The van der Waals surface area contributed by atoms with Crippen LogP contribution in [0, 0.1) is 0 Å². The van der Waals surface area contributed by atoms with Gasteiger partial charge in [-0.1, -0.05) is 0 Å². The molecule has 2 fully saturated rings. The first-order chi connectivity index (χ1) is 8.31. The maximum Gasteiger partial charge on any atom is 0.0701 e. The second-order valence-electron chi connectivity index (χ2n) is 5.09. The molecule has 0 aromatic carbocycles. The van der Waals surface area contributed by atoms with Crippen LogP contribution >= 0.6 is 27.3 Å². The van der Waals surface area contributed by atoms with Crippen LogP contribution in [0.3, 0.4) is 0 Å². The molecule has 0 radical (unpaired) electrons. The zero-order valence-corrected chi connectivity index (χ0v) is 12.5. The van der Waals surface area contributed by atoms with Gasteiger partial charge >= 0.3 is 0 Å². The molecule has 4 heteroatoms. The van der Waals surface area contributed by atoms with Crippen LogP contribution in [0.1, 0.15) is 17.7 Å². The Morgan fingerprint density at radius 1 is 1.29 bits per heavy atom. The molecule has 0 saturated carbocycles. The van der Waals surface area contributed by atoms with E-state index in [9.17, 15) is 0 Å². The highest BCUT2D eigenvalue weighted by atomic mass is 79.9. The van der Waals surface area contributed by atoms with Crippen molar-refractivity contribution in [2.24, 2.45) is 0 Å². The predicted molar refractivity (Wildman–Crippen MR) is 76.8 cm³/mol. The summed E-state index contributed by atoms with van der Waals surface area (Å²) in [7, 11) is 0. The molecule has 2 aliphatic rings. The van der Waals surface area contributed by atoms with Crippen LogP contribution in [0.2, 0.25) is 0 Å². The van der Waals surface area contributed by atoms with Crippen molar-refractivity contribution in [2.45, 2.75) is 25.3 Å². The van der Waals surface area contributed by atoms with Crippen molar-refractivity contribution in [1.29, 1.82) is 0 Å². The van der Waals surface area contributed by atoms with Crippen molar-refractivity contribution >= 4 is 27.3 Å². The van der Waals surface area contributed by atoms with Crippen LogP contribution in [0.4, 0.5) is 0 Å². The lowest BCUT2D eigenvalue weighted by Gasteiger charge is -2.37. The maximum atomic E-state index is 3.53. The molecule has 2 nitrogen and oxygen atoms in total.